The van der Waals surface area contributed by atoms with Crippen LogP contribution < -0.4 is 5.73 Å². The van der Waals surface area contributed by atoms with Gasteiger partial charge in [-0.2, -0.15) is 5.10 Å². The molecule has 0 aliphatic heterocycles. The Morgan fingerprint density at radius 1 is 1.42 bits per heavy atom. The molecule has 0 radical (unpaired) electrons. The van der Waals surface area contributed by atoms with E-state index in [0.717, 1.165) is 17.0 Å². The van der Waals surface area contributed by atoms with E-state index in [1.807, 2.05) is 27.0 Å². The highest BCUT2D eigenvalue weighted by Crippen LogP contribution is 2.25. The predicted octanol–water partition coefficient (Wildman–Crippen LogP) is 3.07. The van der Waals surface area contributed by atoms with Gasteiger partial charge in [0.25, 0.3) is 0 Å². The second-order valence-electron chi connectivity index (χ2n) is 4.81. The predicted molar refractivity (Wildman–Crippen MR) is 74.7 cm³/mol. The number of rotatable bonds is 3. The Kier molecular flexibility index (Phi) is 3.92. The summed E-state index contributed by atoms with van der Waals surface area (Å²) in [5.41, 5.74) is 9.05. The van der Waals surface area contributed by atoms with Gasteiger partial charge in [0.05, 0.1) is 16.4 Å². The zero-order valence-electron chi connectivity index (χ0n) is 11.2. The number of benzene rings is 1. The third-order valence-electron chi connectivity index (χ3n) is 3.23. The highest BCUT2D eigenvalue weighted by atomic mass is 35.5. The molecule has 3 nitrogen and oxygen atoms in total. The van der Waals surface area contributed by atoms with Crippen molar-refractivity contribution < 1.29 is 4.39 Å². The summed E-state index contributed by atoms with van der Waals surface area (Å²) in [5.74, 6) is -0.275. The molecular weight excluding hydrogens is 265 g/mol. The van der Waals surface area contributed by atoms with Gasteiger partial charge in [-0.15, -0.1) is 0 Å². The lowest BCUT2D eigenvalue weighted by Crippen LogP contribution is -2.17. The van der Waals surface area contributed by atoms with Crippen LogP contribution in [-0.4, -0.2) is 9.78 Å². The van der Waals surface area contributed by atoms with E-state index >= 15 is 0 Å². The van der Waals surface area contributed by atoms with E-state index < -0.39 is 6.04 Å². The molecule has 1 atom stereocenters. The van der Waals surface area contributed by atoms with Crippen LogP contribution in [0.1, 0.15) is 28.6 Å². The van der Waals surface area contributed by atoms with Crippen LogP contribution in [0.4, 0.5) is 4.39 Å². The van der Waals surface area contributed by atoms with Gasteiger partial charge < -0.3 is 5.73 Å². The zero-order valence-corrected chi connectivity index (χ0v) is 12.0. The average Bonchev–Trinajstić information content (AvgIpc) is 2.56. The van der Waals surface area contributed by atoms with Gasteiger partial charge in [0.1, 0.15) is 5.82 Å². The molecule has 0 bridgehead atoms. The minimum Gasteiger partial charge on any atom is -0.324 e. The van der Waals surface area contributed by atoms with Crippen molar-refractivity contribution in [3.05, 3.63) is 51.6 Å². The first-order valence-electron chi connectivity index (χ1n) is 6.09. The lowest BCUT2D eigenvalue weighted by molar-refractivity contribution is 0.568. The minimum atomic E-state index is -0.437. The minimum absolute atomic E-state index is 0.275. The number of nitrogens with zero attached hydrogens (tertiary/aromatic N) is 2. The smallest absolute Gasteiger partial charge is 0.128 e. The van der Waals surface area contributed by atoms with Gasteiger partial charge in [-0.1, -0.05) is 23.7 Å². The fourth-order valence-electron chi connectivity index (χ4n) is 2.15. The van der Waals surface area contributed by atoms with Crippen molar-refractivity contribution in [3.8, 4) is 0 Å². The first-order chi connectivity index (χ1) is 8.90. The lowest BCUT2D eigenvalue weighted by atomic mass is 10.0. The molecule has 5 heteroatoms. The van der Waals surface area contributed by atoms with Gasteiger partial charge in [-0.25, -0.2) is 4.39 Å². The molecule has 2 aromatic rings. The summed E-state index contributed by atoms with van der Waals surface area (Å²) < 4.78 is 15.6. The molecule has 0 amide bonds. The summed E-state index contributed by atoms with van der Waals surface area (Å²) in [6, 6.07) is 4.64. The molecule has 1 heterocycles. The average molecular weight is 282 g/mol. The van der Waals surface area contributed by atoms with Crippen molar-refractivity contribution in [1.82, 2.24) is 9.78 Å². The molecule has 2 N–H and O–H groups in total. The largest absolute Gasteiger partial charge is 0.324 e. The highest BCUT2D eigenvalue weighted by Gasteiger charge is 2.18. The summed E-state index contributed by atoms with van der Waals surface area (Å²) >= 11 is 6.18. The van der Waals surface area contributed by atoms with Crippen molar-refractivity contribution >= 4 is 11.6 Å². The van der Waals surface area contributed by atoms with Gasteiger partial charge >= 0.3 is 0 Å². The maximum atomic E-state index is 13.9. The van der Waals surface area contributed by atoms with Gasteiger partial charge in [0.2, 0.25) is 0 Å². The van der Waals surface area contributed by atoms with Crippen molar-refractivity contribution in [3.63, 3.8) is 0 Å². The Bertz CT molecular complexity index is 607. The van der Waals surface area contributed by atoms with Crippen molar-refractivity contribution in [2.24, 2.45) is 12.8 Å². The topological polar surface area (TPSA) is 43.8 Å². The maximum absolute atomic E-state index is 13.9. The summed E-state index contributed by atoms with van der Waals surface area (Å²) in [7, 11) is 1.81. The van der Waals surface area contributed by atoms with Crippen LogP contribution >= 0.6 is 11.6 Å². The summed E-state index contributed by atoms with van der Waals surface area (Å²) in [6.07, 6.45) is 0.455. The van der Waals surface area contributed by atoms with E-state index in [4.69, 9.17) is 17.3 Å². The maximum Gasteiger partial charge on any atom is 0.128 e. The standard InChI is InChI=1S/C14H17ClFN3/c1-8-4-5-10(11(16)6-8)12(17)7-13-14(15)9(2)18-19(13)3/h4-6,12H,7,17H2,1-3H3. The molecule has 1 aromatic heterocycles. The van der Waals surface area contributed by atoms with Gasteiger partial charge in [-0.05, 0) is 25.5 Å². The Balaban J connectivity index is 2.28. The fraction of sp³-hybridized carbons (Fsp3) is 0.357. The first kappa shape index (κ1) is 14.0. The van der Waals surface area contributed by atoms with Crippen molar-refractivity contribution in [2.45, 2.75) is 26.3 Å². The zero-order chi connectivity index (χ0) is 14.2. The Morgan fingerprint density at radius 3 is 2.63 bits per heavy atom. The summed E-state index contributed by atoms with van der Waals surface area (Å²) in [6.45, 7) is 3.68. The monoisotopic (exact) mass is 281 g/mol. The molecule has 102 valence electrons. The number of aryl methyl sites for hydroxylation is 3. The van der Waals surface area contributed by atoms with Crippen LogP contribution in [0.2, 0.25) is 5.02 Å². The van der Waals surface area contributed by atoms with Crippen molar-refractivity contribution in [1.29, 1.82) is 0 Å². The third-order valence-corrected chi connectivity index (χ3v) is 3.72. The molecular formula is C14H17ClFN3. The van der Waals surface area contributed by atoms with E-state index in [2.05, 4.69) is 5.10 Å². The number of aromatic nitrogens is 2. The van der Waals surface area contributed by atoms with E-state index in [9.17, 15) is 4.39 Å². The van der Waals surface area contributed by atoms with Gasteiger partial charge in [0.15, 0.2) is 0 Å². The van der Waals surface area contributed by atoms with Gasteiger partial charge in [-0.3, -0.25) is 4.68 Å². The number of halogens is 2. The normalized spacial score (nSPS) is 12.7. The summed E-state index contributed by atoms with van der Waals surface area (Å²) in [5, 5.41) is 4.83. The molecule has 0 saturated carbocycles. The summed E-state index contributed by atoms with van der Waals surface area (Å²) in [4.78, 5) is 0. The van der Waals surface area contributed by atoms with E-state index in [-0.39, 0.29) is 5.82 Å². The fourth-order valence-corrected chi connectivity index (χ4v) is 2.39. The van der Waals surface area contributed by atoms with Gasteiger partial charge in [0, 0.05) is 25.1 Å². The molecule has 2 rings (SSSR count). The van der Waals surface area contributed by atoms with E-state index in [1.54, 1.807) is 10.7 Å². The lowest BCUT2D eigenvalue weighted by Gasteiger charge is -2.14. The molecule has 0 fully saturated rings. The molecule has 1 aromatic carbocycles. The van der Waals surface area contributed by atoms with E-state index in [1.165, 1.54) is 6.07 Å². The molecule has 0 aliphatic rings. The van der Waals surface area contributed by atoms with Crippen LogP contribution in [0.25, 0.3) is 0 Å². The van der Waals surface area contributed by atoms with Crippen LogP contribution in [-0.2, 0) is 13.5 Å². The Labute approximate surface area is 117 Å². The van der Waals surface area contributed by atoms with Crippen LogP contribution in [0.15, 0.2) is 18.2 Å². The van der Waals surface area contributed by atoms with E-state index in [0.29, 0.717) is 17.0 Å². The number of nitrogens with two attached hydrogens (primary N) is 1. The third kappa shape index (κ3) is 2.80. The molecule has 1 unspecified atom stereocenters. The number of hydrogen-bond donors (Lipinski definition) is 1. The van der Waals surface area contributed by atoms with Crippen LogP contribution in [0, 0.1) is 19.7 Å². The quantitative estimate of drug-likeness (QED) is 0.940. The van der Waals surface area contributed by atoms with Crippen LogP contribution in [0.3, 0.4) is 0 Å². The second kappa shape index (κ2) is 5.31. The first-order valence-corrected chi connectivity index (χ1v) is 6.47. The molecule has 19 heavy (non-hydrogen) atoms. The Hall–Kier alpha value is -1.39. The highest BCUT2D eigenvalue weighted by molar-refractivity contribution is 6.31. The Morgan fingerprint density at radius 2 is 2.11 bits per heavy atom. The molecule has 0 saturated heterocycles. The second-order valence-corrected chi connectivity index (χ2v) is 5.18. The molecule has 0 spiro atoms. The van der Waals surface area contributed by atoms with Crippen molar-refractivity contribution in [2.75, 3.05) is 0 Å². The SMILES string of the molecule is Cc1ccc(C(N)Cc2c(Cl)c(C)nn2C)c(F)c1. The number of hydrogen-bond acceptors (Lipinski definition) is 2. The molecule has 0 aliphatic carbocycles. The van der Waals surface area contributed by atoms with Crippen LogP contribution in [0.5, 0.6) is 0 Å².